The Hall–Kier alpha value is -1.98. The molecule has 1 aromatic carbocycles. The number of carbonyl (C=O) groups excluding carboxylic acids is 2. The van der Waals surface area contributed by atoms with Crippen LogP contribution in [0.25, 0.3) is 0 Å². The van der Waals surface area contributed by atoms with Crippen molar-refractivity contribution in [3.8, 4) is 0 Å². The Morgan fingerprint density at radius 1 is 1.25 bits per heavy atom. The van der Waals surface area contributed by atoms with Crippen LogP contribution in [0.4, 0.5) is 8.78 Å². The van der Waals surface area contributed by atoms with Crippen LogP contribution in [0.3, 0.4) is 0 Å². The zero-order valence-corrected chi connectivity index (χ0v) is 11.7. The van der Waals surface area contributed by atoms with Gasteiger partial charge >= 0.3 is 5.97 Å². The third-order valence-corrected chi connectivity index (χ3v) is 2.67. The third kappa shape index (κ3) is 3.76. The summed E-state index contributed by atoms with van der Waals surface area (Å²) in [4.78, 5) is 24.7. The molecule has 0 aromatic heterocycles. The van der Waals surface area contributed by atoms with Crippen molar-refractivity contribution in [2.75, 3.05) is 13.2 Å². The van der Waals surface area contributed by atoms with Crippen molar-refractivity contribution in [3.05, 3.63) is 35.4 Å². The van der Waals surface area contributed by atoms with Crippen molar-refractivity contribution >= 4 is 11.9 Å². The van der Waals surface area contributed by atoms with Crippen molar-refractivity contribution in [1.82, 2.24) is 4.90 Å². The van der Waals surface area contributed by atoms with Crippen LogP contribution in [0, 0.1) is 11.6 Å². The number of ether oxygens (including phenoxy) is 1. The standard InChI is InChI=1S/C14H17F2NO3/c1-4-20-12(18)8-17(9(2)3)14(19)13-10(15)6-5-7-11(13)16/h5-7,9H,4,8H2,1-3H3. The summed E-state index contributed by atoms with van der Waals surface area (Å²) in [7, 11) is 0. The number of esters is 1. The van der Waals surface area contributed by atoms with Gasteiger partial charge in [-0.05, 0) is 32.9 Å². The molecule has 6 heteroatoms. The smallest absolute Gasteiger partial charge is 0.325 e. The van der Waals surface area contributed by atoms with E-state index in [2.05, 4.69) is 0 Å². The number of nitrogens with zero attached hydrogens (tertiary/aromatic N) is 1. The second kappa shape index (κ2) is 6.98. The highest BCUT2D eigenvalue weighted by Gasteiger charge is 2.26. The van der Waals surface area contributed by atoms with Crippen LogP contribution in [-0.4, -0.2) is 36.0 Å². The molecule has 110 valence electrons. The molecule has 0 aliphatic heterocycles. The van der Waals surface area contributed by atoms with Crippen molar-refractivity contribution < 1.29 is 23.1 Å². The summed E-state index contributed by atoms with van der Waals surface area (Å²) >= 11 is 0. The van der Waals surface area contributed by atoms with E-state index in [4.69, 9.17) is 4.74 Å². The first kappa shape index (κ1) is 16.1. The first-order valence-electron chi connectivity index (χ1n) is 6.29. The van der Waals surface area contributed by atoms with Crippen LogP contribution in [0.1, 0.15) is 31.1 Å². The van der Waals surface area contributed by atoms with Gasteiger partial charge < -0.3 is 9.64 Å². The Balaban J connectivity index is 3.03. The van der Waals surface area contributed by atoms with Gasteiger partial charge in [0, 0.05) is 6.04 Å². The van der Waals surface area contributed by atoms with Crippen molar-refractivity contribution in [2.45, 2.75) is 26.8 Å². The van der Waals surface area contributed by atoms with Gasteiger partial charge in [0.25, 0.3) is 5.91 Å². The first-order chi connectivity index (χ1) is 9.38. The fourth-order valence-electron chi connectivity index (χ4n) is 1.68. The molecular weight excluding hydrogens is 268 g/mol. The molecule has 0 heterocycles. The molecule has 20 heavy (non-hydrogen) atoms. The molecule has 0 fully saturated rings. The van der Waals surface area contributed by atoms with Gasteiger partial charge in [0.05, 0.1) is 6.61 Å². The average molecular weight is 285 g/mol. The van der Waals surface area contributed by atoms with E-state index in [9.17, 15) is 18.4 Å². The van der Waals surface area contributed by atoms with Gasteiger partial charge in [-0.2, -0.15) is 0 Å². The lowest BCUT2D eigenvalue weighted by Gasteiger charge is -2.26. The molecule has 1 aromatic rings. The predicted octanol–water partition coefficient (Wildman–Crippen LogP) is 2.38. The first-order valence-corrected chi connectivity index (χ1v) is 6.29. The van der Waals surface area contributed by atoms with E-state index in [1.165, 1.54) is 6.07 Å². The Labute approximate surface area is 116 Å². The van der Waals surface area contributed by atoms with Crippen LogP contribution in [0.2, 0.25) is 0 Å². The minimum Gasteiger partial charge on any atom is -0.465 e. The maximum Gasteiger partial charge on any atom is 0.325 e. The van der Waals surface area contributed by atoms with Gasteiger partial charge in [0.1, 0.15) is 23.7 Å². The van der Waals surface area contributed by atoms with E-state index in [0.717, 1.165) is 17.0 Å². The number of halogens is 2. The van der Waals surface area contributed by atoms with Crippen LogP contribution in [0.5, 0.6) is 0 Å². The Kier molecular flexibility index (Phi) is 5.61. The van der Waals surface area contributed by atoms with Gasteiger partial charge in [-0.15, -0.1) is 0 Å². The summed E-state index contributed by atoms with van der Waals surface area (Å²) in [6.45, 7) is 4.76. The fraction of sp³-hybridized carbons (Fsp3) is 0.429. The summed E-state index contributed by atoms with van der Waals surface area (Å²) < 4.78 is 32.0. The van der Waals surface area contributed by atoms with Crippen molar-refractivity contribution in [2.24, 2.45) is 0 Å². The number of hydrogen-bond acceptors (Lipinski definition) is 3. The lowest BCUT2D eigenvalue weighted by molar-refractivity contribution is -0.144. The van der Waals surface area contributed by atoms with E-state index in [0.29, 0.717) is 0 Å². The molecule has 0 saturated carbocycles. The number of rotatable bonds is 5. The number of carbonyl (C=O) groups is 2. The molecule has 0 saturated heterocycles. The summed E-state index contributed by atoms with van der Waals surface area (Å²) in [5.74, 6) is -3.40. The molecule has 4 nitrogen and oxygen atoms in total. The number of amides is 1. The molecule has 0 aliphatic carbocycles. The molecular formula is C14H17F2NO3. The van der Waals surface area contributed by atoms with Gasteiger partial charge in [0.15, 0.2) is 0 Å². The van der Waals surface area contributed by atoms with Gasteiger partial charge in [-0.1, -0.05) is 6.07 Å². The minimum absolute atomic E-state index is 0.174. The Bertz CT molecular complexity index is 483. The highest BCUT2D eigenvalue weighted by atomic mass is 19.1. The van der Waals surface area contributed by atoms with Crippen molar-refractivity contribution in [3.63, 3.8) is 0 Å². The quantitative estimate of drug-likeness (QED) is 0.780. The fourth-order valence-corrected chi connectivity index (χ4v) is 1.68. The van der Waals surface area contributed by atoms with Crippen molar-refractivity contribution in [1.29, 1.82) is 0 Å². The summed E-state index contributed by atoms with van der Waals surface area (Å²) in [5.41, 5.74) is -0.662. The number of hydrogen-bond donors (Lipinski definition) is 0. The average Bonchev–Trinajstić information content (AvgIpc) is 2.35. The van der Waals surface area contributed by atoms with Crippen LogP contribution >= 0.6 is 0 Å². The van der Waals surface area contributed by atoms with E-state index < -0.39 is 35.1 Å². The Morgan fingerprint density at radius 3 is 2.25 bits per heavy atom. The molecule has 1 amide bonds. The molecule has 0 bridgehead atoms. The largest absolute Gasteiger partial charge is 0.465 e. The van der Waals surface area contributed by atoms with Gasteiger partial charge in [-0.25, -0.2) is 8.78 Å². The normalized spacial score (nSPS) is 10.5. The SMILES string of the molecule is CCOC(=O)CN(C(=O)c1c(F)cccc1F)C(C)C. The molecule has 1 rings (SSSR count). The molecule has 0 N–H and O–H groups in total. The molecule has 0 unspecified atom stereocenters. The van der Waals surface area contributed by atoms with Gasteiger partial charge in [-0.3, -0.25) is 9.59 Å². The molecule has 0 radical (unpaired) electrons. The minimum atomic E-state index is -0.954. The molecule has 0 atom stereocenters. The van der Waals surface area contributed by atoms with E-state index in [1.807, 2.05) is 0 Å². The lowest BCUT2D eigenvalue weighted by Crippen LogP contribution is -2.42. The topological polar surface area (TPSA) is 46.6 Å². The van der Waals surface area contributed by atoms with Gasteiger partial charge in [0.2, 0.25) is 0 Å². The maximum absolute atomic E-state index is 13.6. The monoisotopic (exact) mass is 285 g/mol. The van der Waals surface area contributed by atoms with E-state index >= 15 is 0 Å². The zero-order valence-electron chi connectivity index (χ0n) is 11.7. The highest BCUT2D eigenvalue weighted by molar-refractivity contribution is 5.96. The summed E-state index contributed by atoms with van der Waals surface area (Å²) in [6.07, 6.45) is 0. The summed E-state index contributed by atoms with van der Waals surface area (Å²) in [6, 6.07) is 2.77. The summed E-state index contributed by atoms with van der Waals surface area (Å²) in [5, 5.41) is 0. The zero-order chi connectivity index (χ0) is 15.3. The predicted molar refractivity (Wildman–Crippen MR) is 69.2 cm³/mol. The van der Waals surface area contributed by atoms with E-state index in [-0.39, 0.29) is 13.2 Å². The Morgan fingerprint density at radius 2 is 1.80 bits per heavy atom. The molecule has 0 spiro atoms. The van der Waals surface area contributed by atoms with E-state index in [1.54, 1.807) is 20.8 Å². The lowest BCUT2D eigenvalue weighted by atomic mass is 10.1. The maximum atomic E-state index is 13.6. The van der Waals surface area contributed by atoms with Crippen LogP contribution < -0.4 is 0 Å². The molecule has 0 aliphatic rings. The number of benzene rings is 1. The van der Waals surface area contributed by atoms with Crippen LogP contribution in [0.15, 0.2) is 18.2 Å². The third-order valence-electron chi connectivity index (χ3n) is 2.67. The highest BCUT2D eigenvalue weighted by Crippen LogP contribution is 2.16. The second-order valence-electron chi connectivity index (χ2n) is 4.43. The van der Waals surface area contributed by atoms with Crippen LogP contribution in [-0.2, 0) is 9.53 Å². The second-order valence-corrected chi connectivity index (χ2v) is 4.43.